The van der Waals surface area contributed by atoms with Gasteiger partial charge in [0.05, 0.1) is 33.6 Å². The van der Waals surface area contributed by atoms with E-state index in [1.54, 1.807) is 30.3 Å². The van der Waals surface area contributed by atoms with Crippen LogP contribution in [0.1, 0.15) is 40.2 Å². The zero-order valence-electron chi connectivity index (χ0n) is 19.7. The van der Waals surface area contributed by atoms with Crippen LogP contribution >= 0.6 is 11.6 Å². The topological polar surface area (TPSA) is 126 Å². The van der Waals surface area contributed by atoms with Gasteiger partial charge in [-0.3, -0.25) is 9.78 Å². The van der Waals surface area contributed by atoms with Crippen LogP contribution in [0.2, 0.25) is 5.02 Å². The maximum absolute atomic E-state index is 13.8. The normalized spacial score (nSPS) is 12.7. The number of anilines is 1. The number of aromatic nitrogens is 3. The number of rotatable bonds is 5. The number of hydrogen-bond acceptors (Lipinski definition) is 7. The maximum Gasteiger partial charge on any atom is 0.417 e. The highest BCUT2D eigenvalue weighted by atomic mass is 35.5. The molecule has 0 aliphatic heterocycles. The standard InChI is InChI=1S/C26H20ClF3N6O2/c1-14(37)15-10-21(31)22(34-13-15)24(35-16-6-3-2-4-7-16)36-25(38)18-11-17(23-32-8-5-9-33-23)19(12-20(18)27)26(28,29)30/h2-14,37H,31H2,1H3,(H,35,36,38). The van der Waals surface area contributed by atoms with E-state index in [0.717, 1.165) is 6.07 Å². The molecule has 4 aromatic rings. The Bertz CT molecular complexity index is 1500. The van der Waals surface area contributed by atoms with Crippen molar-refractivity contribution in [2.24, 2.45) is 4.99 Å². The minimum atomic E-state index is -4.78. The Morgan fingerprint density at radius 2 is 1.76 bits per heavy atom. The Hall–Kier alpha value is -4.35. The Morgan fingerprint density at radius 1 is 1.08 bits per heavy atom. The average Bonchev–Trinajstić information content (AvgIpc) is 2.88. The van der Waals surface area contributed by atoms with Gasteiger partial charge in [0.2, 0.25) is 0 Å². The van der Waals surface area contributed by atoms with Crippen molar-refractivity contribution in [3.8, 4) is 11.4 Å². The molecule has 0 fully saturated rings. The molecule has 2 heterocycles. The van der Waals surface area contributed by atoms with Gasteiger partial charge in [-0.05, 0) is 43.3 Å². The van der Waals surface area contributed by atoms with Crippen molar-refractivity contribution in [3.63, 3.8) is 0 Å². The summed E-state index contributed by atoms with van der Waals surface area (Å²) >= 11 is 6.16. The number of aliphatic imine (C=N–C) groups is 1. The molecule has 1 unspecified atom stereocenters. The molecule has 0 saturated heterocycles. The third kappa shape index (κ3) is 5.96. The van der Waals surface area contributed by atoms with Crippen molar-refractivity contribution in [2.75, 3.05) is 5.73 Å². The lowest BCUT2D eigenvalue weighted by Crippen LogP contribution is -2.33. The van der Waals surface area contributed by atoms with Gasteiger partial charge in [-0.2, -0.15) is 13.2 Å². The lowest BCUT2D eigenvalue weighted by Gasteiger charge is -2.16. The predicted octanol–water partition coefficient (Wildman–Crippen LogP) is 5.35. The third-order valence-corrected chi connectivity index (χ3v) is 5.65. The minimum absolute atomic E-state index is 0.0793. The van der Waals surface area contributed by atoms with E-state index in [9.17, 15) is 23.1 Å². The number of amidine groups is 1. The molecule has 8 nitrogen and oxygen atoms in total. The second-order valence-corrected chi connectivity index (χ2v) is 8.49. The summed E-state index contributed by atoms with van der Waals surface area (Å²) < 4.78 is 41.3. The van der Waals surface area contributed by atoms with Gasteiger partial charge in [0.1, 0.15) is 5.69 Å². The van der Waals surface area contributed by atoms with E-state index in [1.165, 1.54) is 37.6 Å². The van der Waals surface area contributed by atoms with E-state index < -0.39 is 34.3 Å². The van der Waals surface area contributed by atoms with Crippen molar-refractivity contribution >= 4 is 34.7 Å². The summed E-state index contributed by atoms with van der Waals surface area (Å²) in [5.74, 6) is -1.18. The number of carbonyl (C=O) groups excluding carboxylic acids is 1. The highest BCUT2D eigenvalue weighted by molar-refractivity contribution is 6.34. The van der Waals surface area contributed by atoms with Gasteiger partial charge in [-0.1, -0.05) is 29.8 Å². The number of amides is 1. The summed E-state index contributed by atoms with van der Waals surface area (Å²) in [7, 11) is 0. The quantitative estimate of drug-likeness (QED) is 0.231. The fraction of sp³-hybridized carbons (Fsp3) is 0.115. The molecule has 1 atom stereocenters. The molecule has 0 bridgehead atoms. The number of nitrogens with one attached hydrogen (secondary N) is 1. The molecule has 0 aliphatic rings. The van der Waals surface area contributed by atoms with Gasteiger partial charge in [-0.15, -0.1) is 0 Å². The number of nitrogens with zero attached hydrogens (tertiary/aromatic N) is 4. The van der Waals surface area contributed by atoms with Crippen molar-refractivity contribution in [3.05, 3.63) is 101 Å². The predicted molar refractivity (Wildman–Crippen MR) is 137 cm³/mol. The van der Waals surface area contributed by atoms with Gasteiger partial charge in [0.15, 0.2) is 11.7 Å². The lowest BCUT2D eigenvalue weighted by molar-refractivity contribution is -0.137. The fourth-order valence-corrected chi connectivity index (χ4v) is 3.73. The SMILES string of the molecule is CC(O)c1cnc(C(=Nc2ccccc2)NC(=O)c2cc(-c3ncccn3)c(C(F)(F)F)cc2Cl)c(N)c1. The van der Waals surface area contributed by atoms with Crippen molar-refractivity contribution in [1.29, 1.82) is 0 Å². The maximum atomic E-state index is 13.8. The van der Waals surface area contributed by atoms with E-state index in [0.29, 0.717) is 17.3 Å². The molecule has 4 N–H and O–H groups in total. The van der Waals surface area contributed by atoms with Gasteiger partial charge in [0, 0.05) is 29.7 Å². The molecule has 0 aliphatic carbocycles. The van der Waals surface area contributed by atoms with Crippen LogP contribution in [-0.4, -0.2) is 31.8 Å². The number of benzene rings is 2. The first kappa shape index (κ1) is 26.7. The van der Waals surface area contributed by atoms with Gasteiger partial charge < -0.3 is 16.2 Å². The number of aliphatic hydroxyl groups excluding tert-OH is 1. The Morgan fingerprint density at radius 3 is 2.37 bits per heavy atom. The third-order valence-electron chi connectivity index (χ3n) is 5.34. The first-order chi connectivity index (χ1) is 18.0. The second kappa shape index (κ2) is 11.0. The van der Waals surface area contributed by atoms with E-state index in [2.05, 4.69) is 25.3 Å². The van der Waals surface area contributed by atoms with E-state index >= 15 is 0 Å². The number of para-hydroxylation sites is 1. The lowest BCUT2D eigenvalue weighted by atomic mass is 10.0. The number of halogens is 4. The number of carbonyl (C=O) groups is 1. The number of nitrogen functional groups attached to an aromatic ring is 1. The van der Waals surface area contributed by atoms with Crippen LogP contribution in [0.25, 0.3) is 11.4 Å². The molecule has 2 aromatic carbocycles. The van der Waals surface area contributed by atoms with Crippen LogP contribution in [0.3, 0.4) is 0 Å². The second-order valence-electron chi connectivity index (χ2n) is 8.08. The molecule has 38 heavy (non-hydrogen) atoms. The first-order valence-electron chi connectivity index (χ1n) is 11.1. The summed E-state index contributed by atoms with van der Waals surface area (Å²) in [6.45, 7) is 1.54. The molecule has 0 spiro atoms. The number of nitrogens with two attached hydrogens (primary N) is 1. The number of alkyl halides is 3. The smallest absolute Gasteiger partial charge is 0.397 e. The Labute approximate surface area is 220 Å². The molecule has 1 amide bonds. The van der Waals surface area contributed by atoms with Crippen molar-refractivity contribution < 1.29 is 23.1 Å². The Kier molecular flexibility index (Phi) is 7.70. The van der Waals surface area contributed by atoms with Crippen LogP contribution in [0, 0.1) is 0 Å². The molecule has 4 rings (SSSR count). The molecule has 0 radical (unpaired) electrons. The van der Waals surface area contributed by atoms with Gasteiger partial charge in [-0.25, -0.2) is 15.0 Å². The van der Waals surface area contributed by atoms with Crippen molar-refractivity contribution in [2.45, 2.75) is 19.2 Å². The summed E-state index contributed by atoms with van der Waals surface area (Å²) in [4.78, 5) is 29.8. The summed E-state index contributed by atoms with van der Waals surface area (Å²) in [5, 5.41) is 12.0. The highest BCUT2D eigenvalue weighted by Crippen LogP contribution is 2.39. The first-order valence-corrected chi connectivity index (χ1v) is 11.5. The largest absolute Gasteiger partial charge is 0.417 e. The van der Waals surface area contributed by atoms with Crippen LogP contribution in [0.5, 0.6) is 0 Å². The van der Waals surface area contributed by atoms with Crippen LogP contribution in [0.15, 0.2) is 78.2 Å². The Balaban J connectivity index is 1.80. The van der Waals surface area contributed by atoms with E-state index in [1.807, 2.05) is 0 Å². The van der Waals surface area contributed by atoms with Crippen LogP contribution < -0.4 is 11.1 Å². The number of aliphatic hydroxyl groups is 1. The molecule has 0 saturated carbocycles. The van der Waals surface area contributed by atoms with Crippen LogP contribution in [0.4, 0.5) is 24.5 Å². The minimum Gasteiger partial charge on any atom is -0.397 e. The summed E-state index contributed by atoms with van der Waals surface area (Å²) in [6.07, 6.45) is -1.68. The fourth-order valence-electron chi connectivity index (χ4n) is 3.48. The highest BCUT2D eigenvalue weighted by Gasteiger charge is 2.36. The number of pyridine rings is 1. The summed E-state index contributed by atoms with van der Waals surface area (Å²) in [5.41, 5.74) is 5.44. The monoisotopic (exact) mass is 540 g/mol. The summed E-state index contributed by atoms with van der Waals surface area (Å²) in [6, 6.07) is 13.1. The molecule has 2 aromatic heterocycles. The molecular weight excluding hydrogens is 521 g/mol. The van der Waals surface area contributed by atoms with E-state index in [-0.39, 0.29) is 28.6 Å². The van der Waals surface area contributed by atoms with Crippen LogP contribution in [-0.2, 0) is 6.18 Å². The van der Waals surface area contributed by atoms with Gasteiger partial charge in [0.25, 0.3) is 5.91 Å². The zero-order valence-corrected chi connectivity index (χ0v) is 20.5. The molecule has 12 heteroatoms. The van der Waals surface area contributed by atoms with Gasteiger partial charge >= 0.3 is 6.18 Å². The number of hydrogen-bond donors (Lipinski definition) is 3. The average molecular weight is 541 g/mol. The molecule has 194 valence electrons. The molecular formula is C26H20ClF3N6O2. The zero-order chi connectivity index (χ0) is 27.4. The van der Waals surface area contributed by atoms with E-state index in [4.69, 9.17) is 17.3 Å². The van der Waals surface area contributed by atoms with Crippen molar-refractivity contribution in [1.82, 2.24) is 20.3 Å².